The predicted molar refractivity (Wildman–Crippen MR) is 67.7 cm³/mol. The van der Waals surface area contributed by atoms with Gasteiger partial charge in [-0.25, -0.2) is 0 Å². The molecule has 0 aliphatic carbocycles. The fraction of sp³-hybridized carbons (Fsp3) is 0.615. The highest BCUT2D eigenvalue weighted by atomic mass is 16.1. The van der Waals surface area contributed by atoms with Crippen LogP contribution in [0.1, 0.15) is 33.1 Å². The van der Waals surface area contributed by atoms with E-state index in [4.69, 9.17) is 0 Å². The lowest BCUT2D eigenvalue weighted by molar-refractivity contribution is 0.499. The SMILES string of the molecule is CCC(C)NCCCCn1ccccc1=O. The molecule has 3 nitrogen and oxygen atoms in total. The number of aryl methyl sites for hydroxylation is 1. The second kappa shape index (κ2) is 7.23. The van der Waals surface area contributed by atoms with Crippen LogP contribution in [0.5, 0.6) is 0 Å². The summed E-state index contributed by atoms with van der Waals surface area (Å²) in [5.41, 5.74) is 0.0948. The molecule has 0 aromatic carbocycles. The first-order valence-electron chi connectivity index (χ1n) is 6.13. The lowest BCUT2D eigenvalue weighted by Gasteiger charge is -2.11. The Labute approximate surface area is 97.5 Å². The zero-order chi connectivity index (χ0) is 11.8. The molecule has 0 amide bonds. The zero-order valence-corrected chi connectivity index (χ0v) is 10.3. The minimum Gasteiger partial charge on any atom is -0.316 e. The van der Waals surface area contributed by atoms with Crippen molar-refractivity contribution in [2.75, 3.05) is 6.54 Å². The topological polar surface area (TPSA) is 34.0 Å². The van der Waals surface area contributed by atoms with Crippen molar-refractivity contribution in [3.63, 3.8) is 0 Å². The standard InChI is InChI=1S/C13H22N2O/c1-3-12(2)14-9-5-7-11-15-10-6-4-8-13(15)16/h4,6,8,10,12,14H,3,5,7,9,11H2,1-2H3. The fourth-order valence-electron chi connectivity index (χ4n) is 1.55. The molecule has 1 aromatic rings. The van der Waals surface area contributed by atoms with Crippen molar-refractivity contribution >= 4 is 0 Å². The maximum atomic E-state index is 11.4. The Bertz CT molecular complexity index is 346. The number of unbranched alkanes of at least 4 members (excludes halogenated alkanes) is 1. The van der Waals surface area contributed by atoms with Gasteiger partial charge in [0.05, 0.1) is 0 Å². The molecule has 3 heteroatoms. The molecule has 16 heavy (non-hydrogen) atoms. The summed E-state index contributed by atoms with van der Waals surface area (Å²) >= 11 is 0. The van der Waals surface area contributed by atoms with Gasteiger partial charge in [-0.2, -0.15) is 0 Å². The zero-order valence-electron chi connectivity index (χ0n) is 10.3. The molecule has 0 saturated carbocycles. The van der Waals surface area contributed by atoms with E-state index in [0.29, 0.717) is 6.04 Å². The third-order valence-corrected chi connectivity index (χ3v) is 2.83. The van der Waals surface area contributed by atoms with Crippen LogP contribution in [0, 0.1) is 0 Å². The number of nitrogens with one attached hydrogen (secondary N) is 1. The minimum absolute atomic E-state index is 0.0948. The van der Waals surface area contributed by atoms with Gasteiger partial charge in [0.1, 0.15) is 0 Å². The smallest absolute Gasteiger partial charge is 0.250 e. The van der Waals surface area contributed by atoms with Crippen molar-refractivity contribution in [2.45, 2.75) is 45.7 Å². The van der Waals surface area contributed by atoms with Gasteiger partial charge < -0.3 is 9.88 Å². The lowest BCUT2D eigenvalue weighted by Crippen LogP contribution is -2.26. The van der Waals surface area contributed by atoms with E-state index in [-0.39, 0.29) is 5.56 Å². The molecule has 0 spiro atoms. The van der Waals surface area contributed by atoms with Gasteiger partial charge >= 0.3 is 0 Å². The van der Waals surface area contributed by atoms with E-state index < -0.39 is 0 Å². The average Bonchev–Trinajstić information content (AvgIpc) is 2.30. The molecular weight excluding hydrogens is 200 g/mol. The van der Waals surface area contributed by atoms with Crippen LogP contribution in [-0.4, -0.2) is 17.2 Å². The van der Waals surface area contributed by atoms with E-state index in [1.807, 2.05) is 12.3 Å². The van der Waals surface area contributed by atoms with Crippen LogP contribution in [0.15, 0.2) is 29.2 Å². The molecule has 90 valence electrons. The van der Waals surface area contributed by atoms with Gasteiger partial charge in [0.15, 0.2) is 0 Å². The first-order chi connectivity index (χ1) is 7.74. The highest BCUT2D eigenvalue weighted by Crippen LogP contribution is 1.94. The molecule has 1 aromatic heterocycles. The third kappa shape index (κ3) is 4.62. The normalized spacial score (nSPS) is 12.6. The van der Waals surface area contributed by atoms with Crippen LogP contribution in [0.2, 0.25) is 0 Å². The van der Waals surface area contributed by atoms with Gasteiger partial charge in [0.2, 0.25) is 5.56 Å². The first kappa shape index (κ1) is 13.0. The Morgan fingerprint density at radius 3 is 2.88 bits per heavy atom. The maximum absolute atomic E-state index is 11.4. The Hall–Kier alpha value is -1.09. The predicted octanol–water partition coefficient (Wildman–Crippen LogP) is 2.02. The summed E-state index contributed by atoms with van der Waals surface area (Å²) in [6.07, 6.45) is 5.18. The molecule has 0 aliphatic heterocycles. The lowest BCUT2D eigenvalue weighted by atomic mass is 10.2. The molecule has 0 aliphatic rings. The van der Waals surface area contributed by atoms with Gasteiger partial charge in [-0.05, 0) is 38.8 Å². The highest BCUT2D eigenvalue weighted by Gasteiger charge is 1.97. The quantitative estimate of drug-likeness (QED) is 0.716. The van der Waals surface area contributed by atoms with Crippen molar-refractivity contribution in [3.8, 4) is 0 Å². The van der Waals surface area contributed by atoms with Crippen LogP contribution in [-0.2, 0) is 6.54 Å². The minimum atomic E-state index is 0.0948. The van der Waals surface area contributed by atoms with Crippen LogP contribution >= 0.6 is 0 Å². The number of aromatic nitrogens is 1. The number of rotatable bonds is 7. The summed E-state index contributed by atoms with van der Waals surface area (Å²) in [4.78, 5) is 11.4. The summed E-state index contributed by atoms with van der Waals surface area (Å²) in [7, 11) is 0. The Morgan fingerprint density at radius 2 is 2.19 bits per heavy atom. The van der Waals surface area contributed by atoms with E-state index in [0.717, 1.165) is 32.4 Å². The molecule has 0 radical (unpaired) electrons. The fourth-order valence-corrected chi connectivity index (χ4v) is 1.55. The van der Waals surface area contributed by atoms with Crippen LogP contribution < -0.4 is 10.9 Å². The molecule has 1 atom stereocenters. The van der Waals surface area contributed by atoms with Gasteiger partial charge in [0.25, 0.3) is 0 Å². The third-order valence-electron chi connectivity index (χ3n) is 2.83. The second-order valence-electron chi connectivity index (χ2n) is 4.20. The van der Waals surface area contributed by atoms with Crippen LogP contribution in [0.3, 0.4) is 0 Å². The Balaban J connectivity index is 2.17. The molecular formula is C13H22N2O. The summed E-state index contributed by atoms with van der Waals surface area (Å²) in [6.45, 7) is 6.24. The first-order valence-corrected chi connectivity index (χ1v) is 6.13. The van der Waals surface area contributed by atoms with Crippen molar-refractivity contribution in [1.29, 1.82) is 0 Å². The van der Waals surface area contributed by atoms with Crippen LogP contribution in [0.4, 0.5) is 0 Å². The van der Waals surface area contributed by atoms with Gasteiger partial charge in [0, 0.05) is 24.8 Å². The summed E-state index contributed by atoms with van der Waals surface area (Å²) in [5, 5.41) is 3.45. The molecule has 1 rings (SSSR count). The number of pyridine rings is 1. The average molecular weight is 222 g/mol. The summed E-state index contributed by atoms with van der Waals surface area (Å²) in [5.74, 6) is 0. The molecule has 0 bridgehead atoms. The van der Waals surface area contributed by atoms with Crippen molar-refractivity contribution < 1.29 is 0 Å². The Morgan fingerprint density at radius 1 is 1.38 bits per heavy atom. The second-order valence-corrected chi connectivity index (χ2v) is 4.20. The number of hydrogen-bond donors (Lipinski definition) is 1. The monoisotopic (exact) mass is 222 g/mol. The van der Waals surface area contributed by atoms with Gasteiger partial charge in [-0.3, -0.25) is 4.79 Å². The molecule has 1 N–H and O–H groups in total. The number of hydrogen-bond acceptors (Lipinski definition) is 2. The van der Waals surface area contributed by atoms with Gasteiger partial charge in [-0.1, -0.05) is 13.0 Å². The Kier molecular flexibility index (Phi) is 5.86. The molecule has 1 unspecified atom stereocenters. The number of nitrogens with zero attached hydrogens (tertiary/aromatic N) is 1. The van der Waals surface area contributed by atoms with Crippen LogP contribution in [0.25, 0.3) is 0 Å². The maximum Gasteiger partial charge on any atom is 0.250 e. The highest BCUT2D eigenvalue weighted by molar-refractivity contribution is 4.92. The van der Waals surface area contributed by atoms with Crippen molar-refractivity contribution in [2.24, 2.45) is 0 Å². The van der Waals surface area contributed by atoms with Gasteiger partial charge in [-0.15, -0.1) is 0 Å². The van der Waals surface area contributed by atoms with E-state index in [9.17, 15) is 4.79 Å². The molecule has 0 saturated heterocycles. The van der Waals surface area contributed by atoms with E-state index >= 15 is 0 Å². The summed E-state index contributed by atoms with van der Waals surface area (Å²) in [6, 6.07) is 5.89. The molecule has 0 fully saturated rings. The molecule has 1 heterocycles. The largest absolute Gasteiger partial charge is 0.316 e. The van der Waals surface area contributed by atoms with Crippen molar-refractivity contribution in [3.05, 3.63) is 34.7 Å². The van der Waals surface area contributed by atoms with E-state index in [2.05, 4.69) is 19.2 Å². The van der Waals surface area contributed by atoms with E-state index in [1.54, 1.807) is 16.7 Å². The van der Waals surface area contributed by atoms with E-state index in [1.165, 1.54) is 0 Å². The summed E-state index contributed by atoms with van der Waals surface area (Å²) < 4.78 is 1.77. The van der Waals surface area contributed by atoms with Crippen molar-refractivity contribution in [1.82, 2.24) is 9.88 Å².